The third-order valence-electron chi connectivity index (χ3n) is 5.63. The number of alkyl halides is 3. The first kappa shape index (κ1) is 24.3. The first-order valence-electron chi connectivity index (χ1n) is 11.1. The zero-order chi connectivity index (χ0) is 23.0. The Kier molecular flexibility index (Phi) is 8.70. The van der Waals surface area contributed by atoms with Crippen LogP contribution in [0.4, 0.5) is 13.2 Å². The summed E-state index contributed by atoms with van der Waals surface area (Å²) in [6.07, 6.45) is 0.504. The van der Waals surface area contributed by atoms with E-state index in [1.807, 2.05) is 36.2 Å². The number of benzene rings is 2. The molecule has 1 heterocycles. The summed E-state index contributed by atoms with van der Waals surface area (Å²) in [4.78, 5) is 16.8. The Morgan fingerprint density at radius 1 is 1.06 bits per heavy atom. The number of hydrogen-bond acceptors (Lipinski definition) is 4. The van der Waals surface area contributed by atoms with Crippen molar-refractivity contribution in [3.05, 3.63) is 65.2 Å². The van der Waals surface area contributed by atoms with Gasteiger partial charge in [0.15, 0.2) is 5.78 Å². The number of likely N-dealkylation sites (tertiary alicyclic amines) is 1. The topological polar surface area (TPSA) is 32.8 Å². The molecule has 0 bridgehead atoms. The van der Waals surface area contributed by atoms with Crippen LogP contribution in [0.1, 0.15) is 47.2 Å². The van der Waals surface area contributed by atoms with Crippen molar-refractivity contribution in [1.82, 2.24) is 9.80 Å². The zero-order valence-electron chi connectivity index (χ0n) is 18.5. The predicted octanol–water partition coefficient (Wildman–Crippen LogP) is 5.27. The maximum atomic E-state index is 12.7. The fourth-order valence-electron chi connectivity index (χ4n) is 3.94. The molecule has 2 aromatic carbocycles. The summed E-state index contributed by atoms with van der Waals surface area (Å²) in [6.45, 7) is 4.76. The van der Waals surface area contributed by atoms with E-state index in [2.05, 4.69) is 4.90 Å². The second kappa shape index (κ2) is 11.5. The number of halogens is 3. The van der Waals surface area contributed by atoms with Crippen LogP contribution in [0.5, 0.6) is 5.75 Å². The molecule has 1 aliphatic rings. The van der Waals surface area contributed by atoms with Gasteiger partial charge < -0.3 is 9.64 Å². The maximum Gasteiger partial charge on any atom is 0.416 e. The summed E-state index contributed by atoms with van der Waals surface area (Å²) < 4.78 is 44.0. The Labute approximate surface area is 188 Å². The van der Waals surface area contributed by atoms with Gasteiger partial charge in [-0.3, -0.25) is 9.69 Å². The van der Waals surface area contributed by atoms with Crippen LogP contribution in [-0.4, -0.2) is 55.4 Å². The number of likely N-dealkylation sites (N-methyl/N-ethyl adjacent to an activating group) is 1. The van der Waals surface area contributed by atoms with E-state index >= 15 is 0 Å². The first-order valence-corrected chi connectivity index (χ1v) is 11.1. The SMILES string of the molecule is CN(CC(=O)c1ccc(C(F)(F)F)cc1)Cc1cccc(OCCCN2CCCCC2)c1. The lowest BCUT2D eigenvalue weighted by atomic mass is 10.1. The highest BCUT2D eigenvalue weighted by Crippen LogP contribution is 2.29. The van der Waals surface area contributed by atoms with Crippen LogP contribution in [0, 0.1) is 0 Å². The third-order valence-corrected chi connectivity index (χ3v) is 5.63. The van der Waals surface area contributed by atoms with Crippen LogP contribution >= 0.6 is 0 Å². The van der Waals surface area contributed by atoms with Gasteiger partial charge in [-0.2, -0.15) is 13.2 Å². The van der Waals surface area contributed by atoms with E-state index in [1.54, 1.807) is 0 Å². The lowest BCUT2D eigenvalue weighted by Gasteiger charge is -2.26. The van der Waals surface area contributed by atoms with Crippen molar-refractivity contribution < 1.29 is 22.7 Å². The van der Waals surface area contributed by atoms with Crippen LogP contribution in [0.15, 0.2) is 48.5 Å². The number of carbonyl (C=O) groups is 1. The van der Waals surface area contributed by atoms with Crippen LogP contribution in [0.3, 0.4) is 0 Å². The summed E-state index contributed by atoms with van der Waals surface area (Å²) in [7, 11) is 1.81. The molecule has 0 unspecified atom stereocenters. The van der Waals surface area contributed by atoms with E-state index in [-0.39, 0.29) is 17.9 Å². The molecule has 1 aliphatic heterocycles. The molecule has 0 amide bonds. The largest absolute Gasteiger partial charge is 0.494 e. The second-order valence-electron chi connectivity index (χ2n) is 8.42. The Hall–Kier alpha value is -2.38. The number of rotatable bonds is 10. The molecule has 0 spiro atoms. The number of nitrogens with zero attached hydrogens (tertiary/aromatic N) is 2. The molecular formula is C25H31F3N2O2. The molecule has 1 fully saturated rings. The fourth-order valence-corrected chi connectivity index (χ4v) is 3.94. The molecule has 32 heavy (non-hydrogen) atoms. The number of ketones is 1. The molecule has 0 saturated carbocycles. The van der Waals surface area contributed by atoms with Gasteiger partial charge in [-0.15, -0.1) is 0 Å². The molecule has 0 N–H and O–H groups in total. The molecule has 0 aliphatic carbocycles. The fraction of sp³-hybridized carbons (Fsp3) is 0.480. The van der Waals surface area contributed by atoms with E-state index in [0.717, 1.165) is 36.4 Å². The molecule has 7 heteroatoms. The Morgan fingerprint density at radius 2 is 1.78 bits per heavy atom. The summed E-state index contributed by atoms with van der Waals surface area (Å²) >= 11 is 0. The van der Waals surface area contributed by atoms with Gasteiger partial charge in [0.1, 0.15) is 5.75 Å². The first-order chi connectivity index (χ1) is 15.3. The van der Waals surface area contributed by atoms with Gasteiger partial charge in [0.25, 0.3) is 0 Å². The lowest BCUT2D eigenvalue weighted by Crippen LogP contribution is -2.31. The van der Waals surface area contributed by atoms with Crippen LogP contribution in [0.25, 0.3) is 0 Å². The maximum absolute atomic E-state index is 12.7. The molecular weight excluding hydrogens is 417 g/mol. The molecule has 4 nitrogen and oxygen atoms in total. The molecule has 0 radical (unpaired) electrons. The van der Waals surface area contributed by atoms with Gasteiger partial charge >= 0.3 is 6.18 Å². The quantitative estimate of drug-likeness (QED) is 0.366. The van der Waals surface area contributed by atoms with Gasteiger partial charge in [-0.25, -0.2) is 0 Å². The van der Waals surface area contributed by atoms with Crippen molar-refractivity contribution in [2.24, 2.45) is 0 Å². The van der Waals surface area contributed by atoms with Crippen molar-refractivity contribution in [3.63, 3.8) is 0 Å². The molecule has 2 aromatic rings. The average molecular weight is 449 g/mol. The molecule has 0 atom stereocenters. The number of Topliss-reactive ketones (excluding diaryl/α,β-unsaturated/α-hetero) is 1. The molecule has 0 aromatic heterocycles. The van der Waals surface area contributed by atoms with Gasteiger partial charge in [-0.1, -0.05) is 30.7 Å². The Morgan fingerprint density at radius 3 is 2.47 bits per heavy atom. The third kappa shape index (κ3) is 7.64. The Bertz CT molecular complexity index is 862. The summed E-state index contributed by atoms with van der Waals surface area (Å²) in [5.41, 5.74) is 0.534. The average Bonchev–Trinajstić information content (AvgIpc) is 2.77. The molecule has 3 rings (SSSR count). The highest BCUT2D eigenvalue weighted by Gasteiger charge is 2.30. The van der Waals surface area contributed by atoms with Gasteiger partial charge in [-0.05, 0) is 69.2 Å². The van der Waals surface area contributed by atoms with E-state index in [9.17, 15) is 18.0 Å². The highest BCUT2D eigenvalue weighted by molar-refractivity contribution is 5.97. The minimum Gasteiger partial charge on any atom is -0.494 e. The molecule has 174 valence electrons. The normalized spacial score (nSPS) is 15.2. The summed E-state index contributed by atoms with van der Waals surface area (Å²) in [6, 6.07) is 12.2. The van der Waals surface area contributed by atoms with Crippen LogP contribution < -0.4 is 4.74 Å². The smallest absolute Gasteiger partial charge is 0.416 e. The predicted molar refractivity (Wildman–Crippen MR) is 119 cm³/mol. The number of hydrogen-bond donors (Lipinski definition) is 0. The van der Waals surface area contributed by atoms with Crippen molar-refractivity contribution in [3.8, 4) is 5.75 Å². The monoisotopic (exact) mass is 448 g/mol. The van der Waals surface area contributed by atoms with E-state index in [1.165, 1.54) is 44.5 Å². The minimum atomic E-state index is -4.40. The number of carbonyl (C=O) groups excluding carboxylic acids is 1. The van der Waals surface area contributed by atoms with Crippen molar-refractivity contribution in [2.75, 3.05) is 39.8 Å². The molecule has 1 saturated heterocycles. The van der Waals surface area contributed by atoms with Crippen molar-refractivity contribution >= 4 is 5.78 Å². The van der Waals surface area contributed by atoms with Gasteiger partial charge in [0, 0.05) is 18.7 Å². The lowest BCUT2D eigenvalue weighted by molar-refractivity contribution is -0.137. The standard InChI is InChI=1S/C25H31F3N2O2/c1-29(19-24(31)21-9-11-22(12-10-21)25(26,27)28)18-20-7-5-8-23(17-20)32-16-6-15-30-13-3-2-4-14-30/h5,7-12,17H,2-4,6,13-16,18-19H2,1H3. The van der Waals surface area contributed by atoms with Crippen LogP contribution in [-0.2, 0) is 12.7 Å². The van der Waals surface area contributed by atoms with E-state index in [4.69, 9.17) is 4.74 Å². The number of ether oxygens (including phenoxy) is 1. The minimum absolute atomic E-state index is 0.117. The van der Waals surface area contributed by atoms with Gasteiger partial charge in [0.05, 0.1) is 18.7 Å². The van der Waals surface area contributed by atoms with Crippen molar-refractivity contribution in [1.29, 1.82) is 0 Å². The van der Waals surface area contributed by atoms with E-state index in [0.29, 0.717) is 13.2 Å². The zero-order valence-corrected chi connectivity index (χ0v) is 18.5. The van der Waals surface area contributed by atoms with Crippen LogP contribution in [0.2, 0.25) is 0 Å². The second-order valence-corrected chi connectivity index (χ2v) is 8.42. The summed E-state index contributed by atoms with van der Waals surface area (Å²) in [5.74, 6) is 0.593. The van der Waals surface area contributed by atoms with E-state index < -0.39 is 11.7 Å². The van der Waals surface area contributed by atoms with Gasteiger partial charge in [0.2, 0.25) is 0 Å². The Balaban J connectivity index is 1.44. The highest BCUT2D eigenvalue weighted by atomic mass is 19.4. The van der Waals surface area contributed by atoms with Crippen molar-refractivity contribution in [2.45, 2.75) is 38.4 Å². The summed E-state index contributed by atoms with van der Waals surface area (Å²) in [5, 5.41) is 0. The number of piperidine rings is 1.